The molecule has 0 unspecified atom stereocenters. The molecule has 1 N–H and O–H groups in total. The van der Waals surface area contributed by atoms with Gasteiger partial charge >= 0.3 is 11.7 Å². The third-order valence-electron chi connectivity index (χ3n) is 3.33. The summed E-state index contributed by atoms with van der Waals surface area (Å²) in [5, 5.41) is 9.02. The maximum absolute atomic E-state index is 12.2. The van der Waals surface area contributed by atoms with Crippen molar-refractivity contribution in [2.45, 2.75) is 27.2 Å². The van der Waals surface area contributed by atoms with Crippen molar-refractivity contribution in [2.24, 2.45) is 0 Å². The molecular weight excluding hydrogens is 336 g/mol. The van der Waals surface area contributed by atoms with Crippen molar-refractivity contribution < 1.29 is 9.90 Å². The first kappa shape index (κ1) is 15.4. The van der Waals surface area contributed by atoms with E-state index in [9.17, 15) is 9.59 Å². The molecule has 0 aliphatic heterocycles. The lowest BCUT2D eigenvalue weighted by Gasteiger charge is -2.16. The number of hydrogen-bond donors (Lipinski definition) is 1. The summed E-state index contributed by atoms with van der Waals surface area (Å²) in [5.74, 6) is -0.948. The average molecular weight is 351 g/mol. The Bertz CT molecular complexity index is 781. The minimum absolute atomic E-state index is 0.158. The SMILES string of the molecule is Cc1ccc(Br)c(-n2c(C)c(CC(=O)O)c(C)nc2=O)c1. The number of halogens is 1. The zero-order chi connectivity index (χ0) is 15.7. The summed E-state index contributed by atoms with van der Waals surface area (Å²) in [6.07, 6.45) is -0.158. The second-order valence-electron chi connectivity index (χ2n) is 4.90. The summed E-state index contributed by atoms with van der Waals surface area (Å²) in [6, 6.07) is 5.64. The molecule has 0 radical (unpaired) electrons. The molecule has 2 rings (SSSR count). The zero-order valence-electron chi connectivity index (χ0n) is 12.0. The summed E-state index contributed by atoms with van der Waals surface area (Å²) >= 11 is 3.43. The van der Waals surface area contributed by atoms with Gasteiger partial charge in [0.2, 0.25) is 0 Å². The third kappa shape index (κ3) is 3.05. The summed E-state index contributed by atoms with van der Waals surface area (Å²) in [6.45, 7) is 5.32. The highest BCUT2D eigenvalue weighted by Gasteiger charge is 2.16. The van der Waals surface area contributed by atoms with Crippen molar-refractivity contribution in [1.82, 2.24) is 9.55 Å². The van der Waals surface area contributed by atoms with Gasteiger partial charge in [0.25, 0.3) is 0 Å². The number of hydrogen-bond acceptors (Lipinski definition) is 3. The Labute approximate surface area is 130 Å². The summed E-state index contributed by atoms with van der Waals surface area (Å²) < 4.78 is 2.20. The molecule has 21 heavy (non-hydrogen) atoms. The predicted molar refractivity (Wildman–Crippen MR) is 83.1 cm³/mol. The van der Waals surface area contributed by atoms with Crippen LogP contribution in [0, 0.1) is 20.8 Å². The van der Waals surface area contributed by atoms with E-state index in [-0.39, 0.29) is 6.42 Å². The van der Waals surface area contributed by atoms with Gasteiger partial charge in [0, 0.05) is 21.4 Å². The quantitative estimate of drug-likeness (QED) is 0.923. The molecule has 0 aliphatic carbocycles. The van der Waals surface area contributed by atoms with E-state index in [0.717, 1.165) is 10.0 Å². The third-order valence-corrected chi connectivity index (χ3v) is 4.00. The van der Waals surface area contributed by atoms with Crippen molar-refractivity contribution >= 4 is 21.9 Å². The maximum atomic E-state index is 12.2. The van der Waals surface area contributed by atoms with Crippen molar-refractivity contribution in [3.8, 4) is 5.69 Å². The first-order valence-electron chi connectivity index (χ1n) is 6.38. The van der Waals surface area contributed by atoms with Crippen LogP contribution in [-0.4, -0.2) is 20.6 Å². The van der Waals surface area contributed by atoms with Gasteiger partial charge in [-0.3, -0.25) is 9.36 Å². The fourth-order valence-electron chi connectivity index (χ4n) is 2.29. The van der Waals surface area contributed by atoms with Gasteiger partial charge in [-0.15, -0.1) is 0 Å². The van der Waals surface area contributed by atoms with Crippen LogP contribution in [0.4, 0.5) is 0 Å². The standard InChI is InChI=1S/C15H15BrN2O3/c1-8-4-5-12(16)13(6-8)18-10(3)11(7-14(19)20)9(2)17-15(18)21/h4-6H,7H2,1-3H3,(H,19,20). The van der Waals surface area contributed by atoms with Gasteiger partial charge in [0.1, 0.15) is 0 Å². The van der Waals surface area contributed by atoms with Crippen LogP contribution >= 0.6 is 15.9 Å². The maximum Gasteiger partial charge on any atom is 0.352 e. The number of nitrogens with zero attached hydrogens (tertiary/aromatic N) is 2. The Kier molecular flexibility index (Phi) is 4.27. The highest BCUT2D eigenvalue weighted by Crippen LogP contribution is 2.23. The van der Waals surface area contributed by atoms with Gasteiger partial charge < -0.3 is 5.11 Å². The van der Waals surface area contributed by atoms with Crippen LogP contribution in [0.3, 0.4) is 0 Å². The Morgan fingerprint density at radius 3 is 2.62 bits per heavy atom. The van der Waals surface area contributed by atoms with E-state index in [1.165, 1.54) is 4.57 Å². The molecule has 0 bridgehead atoms. The minimum Gasteiger partial charge on any atom is -0.481 e. The van der Waals surface area contributed by atoms with Crippen molar-refractivity contribution in [3.63, 3.8) is 0 Å². The molecule has 0 aliphatic rings. The number of aryl methyl sites for hydroxylation is 2. The second-order valence-corrected chi connectivity index (χ2v) is 5.76. The van der Waals surface area contributed by atoms with Crippen LogP contribution in [-0.2, 0) is 11.2 Å². The normalized spacial score (nSPS) is 10.7. The topological polar surface area (TPSA) is 72.2 Å². The molecule has 0 amide bonds. The van der Waals surface area contributed by atoms with Gasteiger partial charge in [-0.05, 0) is 54.4 Å². The molecule has 0 spiro atoms. The highest BCUT2D eigenvalue weighted by molar-refractivity contribution is 9.10. The van der Waals surface area contributed by atoms with E-state index >= 15 is 0 Å². The lowest BCUT2D eigenvalue weighted by atomic mass is 10.1. The van der Waals surface area contributed by atoms with Crippen LogP contribution in [0.15, 0.2) is 27.5 Å². The van der Waals surface area contributed by atoms with Gasteiger partial charge in [0.15, 0.2) is 0 Å². The zero-order valence-corrected chi connectivity index (χ0v) is 13.6. The molecule has 1 aromatic heterocycles. The number of carboxylic acid groups (broad SMARTS) is 1. The first-order valence-corrected chi connectivity index (χ1v) is 7.18. The summed E-state index contributed by atoms with van der Waals surface area (Å²) in [7, 11) is 0. The molecular formula is C15H15BrN2O3. The fraction of sp³-hybridized carbons (Fsp3) is 0.267. The summed E-state index contributed by atoms with van der Waals surface area (Å²) in [4.78, 5) is 27.2. The van der Waals surface area contributed by atoms with Crippen LogP contribution in [0.2, 0.25) is 0 Å². The number of carboxylic acids is 1. The van der Waals surface area contributed by atoms with E-state index in [1.807, 2.05) is 25.1 Å². The largest absolute Gasteiger partial charge is 0.481 e. The monoisotopic (exact) mass is 350 g/mol. The van der Waals surface area contributed by atoms with Crippen molar-refractivity contribution in [3.05, 3.63) is 55.7 Å². The van der Waals surface area contributed by atoms with Gasteiger partial charge in [-0.25, -0.2) is 4.79 Å². The van der Waals surface area contributed by atoms with E-state index in [4.69, 9.17) is 5.11 Å². The Balaban J connectivity index is 2.77. The molecule has 1 aromatic carbocycles. The van der Waals surface area contributed by atoms with Crippen LogP contribution in [0.1, 0.15) is 22.5 Å². The molecule has 6 heteroatoms. The lowest BCUT2D eigenvalue weighted by molar-refractivity contribution is -0.136. The van der Waals surface area contributed by atoms with E-state index in [2.05, 4.69) is 20.9 Å². The van der Waals surface area contributed by atoms with Crippen LogP contribution in [0.25, 0.3) is 5.69 Å². The Hall–Kier alpha value is -1.95. The van der Waals surface area contributed by atoms with E-state index in [1.54, 1.807) is 13.8 Å². The second kappa shape index (κ2) is 5.81. The Morgan fingerprint density at radius 1 is 1.33 bits per heavy atom. The molecule has 0 saturated carbocycles. The van der Waals surface area contributed by atoms with Crippen molar-refractivity contribution in [2.75, 3.05) is 0 Å². The molecule has 1 heterocycles. The highest BCUT2D eigenvalue weighted by atomic mass is 79.9. The minimum atomic E-state index is -0.948. The van der Waals surface area contributed by atoms with Gasteiger partial charge in [0.05, 0.1) is 12.1 Å². The van der Waals surface area contributed by atoms with E-state index < -0.39 is 11.7 Å². The van der Waals surface area contributed by atoms with Crippen LogP contribution < -0.4 is 5.69 Å². The smallest absolute Gasteiger partial charge is 0.352 e. The van der Waals surface area contributed by atoms with Crippen molar-refractivity contribution in [1.29, 1.82) is 0 Å². The molecule has 0 fully saturated rings. The molecule has 5 nitrogen and oxygen atoms in total. The number of carbonyl (C=O) groups is 1. The fourth-order valence-corrected chi connectivity index (χ4v) is 2.71. The van der Waals surface area contributed by atoms with Gasteiger partial charge in [-0.2, -0.15) is 4.98 Å². The summed E-state index contributed by atoms with van der Waals surface area (Å²) in [5.41, 5.74) is 2.87. The Morgan fingerprint density at radius 2 is 2.00 bits per heavy atom. The predicted octanol–water partition coefficient (Wildman–Crippen LogP) is 2.55. The molecule has 0 saturated heterocycles. The first-order chi connectivity index (χ1) is 9.81. The van der Waals surface area contributed by atoms with Gasteiger partial charge in [-0.1, -0.05) is 6.07 Å². The molecule has 110 valence electrons. The number of aromatic nitrogens is 2. The number of rotatable bonds is 3. The molecule has 2 aromatic rings. The van der Waals surface area contributed by atoms with E-state index in [0.29, 0.717) is 22.6 Å². The number of benzene rings is 1. The molecule has 0 atom stereocenters. The average Bonchev–Trinajstić information content (AvgIpc) is 2.38. The number of aliphatic carboxylic acids is 1. The van der Waals surface area contributed by atoms with Crippen LogP contribution in [0.5, 0.6) is 0 Å². The lowest BCUT2D eigenvalue weighted by Crippen LogP contribution is -2.27.